The highest BCUT2D eigenvalue weighted by Gasteiger charge is 2.29. The Morgan fingerprint density at radius 3 is 2.03 bits per heavy atom. The van der Waals surface area contributed by atoms with E-state index in [1.54, 1.807) is 0 Å². The van der Waals surface area contributed by atoms with Gasteiger partial charge in [0.25, 0.3) is 0 Å². The summed E-state index contributed by atoms with van der Waals surface area (Å²) in [6.07, 6.45) is 0.484. The minimum absolute atomic E-state index is 0.101. The molecule has 1 aromatic carbocycles. The van der Waals surface area contributed by atoms with Gasteiger partial charge in [-0.2, -0.15) is 0 Å². The third-order valence-corrected chi connectivity index (χ3v) is 5.24. The van der Waals surface area contributed by atoms with Crippen molar-refractivity contribution in [3.8, 4) is 0 Å². The normalized spacial score (nSPS) is 15.0. The average molecular weight is 478 g/mol. The molecule has 1 aromatic rings. The number of aliphatic hydroxyl groups is 1. The number of aldehydes is 1. The summed E-state index contributed by atoms with van der Waals surface area (Å²) in [5, 5.41) is 19.2. The van der Waals surface area contributed by atoms with Crippen LogP contribution in [0.4, 0.5) is 4.79 Å². The van der Waals surface area contributed by atoms with Crippen LogP contribution in [-0.2, 0) is 20.9 Å². The largest absolute Gasteiger partial charge is 0.445 e. The summed E-state index contributed by atoms with van der Waals surface area (Å²) in [7, 11) is 0. The van der Waals surface area contributed by atoms with E-state index in [1.165, 1.54) is 0 Å². The number of alkyl carbamates (subject to hydrolysis) is 1. The Balaban J connectivity index is 2.83. The molecule has 2 amide bonds. The van der Waals surface area contributed by atoms with E-state index in [2.05, 4.69) is 16.0 Å². The van der Waals surface area contributed by atoms with Gasteiger partial charge in [0.15, 0.2) is 0 Å². The van der Waals surface area contributed by atoms with Crippen LogP contribution >= 0.6 is 0 Å². The highest BCUT2D eigenvalue weighted by atomic mass is 16.5. The van der Waals surface area contributed by atoms with Gasteiger partial charge in [-0.3, -0.25) is 10.1 Å². The summed E-state index contributed by atoms with van der Waals surface area (Å²) >= 11 is 0. The van der Waals surface area contributed by atoms with E-state index in [4.69, 9.17) is 4.74 Å². The molecule has 0 aliphatic heterocycles. The van der Waals surface area contributed by atoms with Gasteiger partial charge in [0.2, 0.25) is 5.91 Å². The number of ether oxygens (including phenoxy) is 1. The Morgan fingerprint density at radius 2 is 1.50 bits per heavy atom. The van der Waals surface area contributed by atoms with E-state index in [0.717, 1.165) is 11.8 Å². The molecule has 8 nitrogen and oxygen atoms in total. The van der Waals surface area contributed by atoms with Crippen molar-refractivity contribution >= 4 is 18.3 Å². The van der Waals surface area contributed by atoms with Gasteiger partial charge >= 0.3 is 6.09 Å². The van der Waals surface area contributed by atoms with Gasteiger partial charge < -0.3 is 25.3 Å². The lowest BCUT2D eigenvalue weighted by Gasteiger charge is -2.30. The van der Waals surface area contributed by atoms with Crippen molar-refractivity contribution in [3.63, 3.8) is 0 Å². The van der Waals surface area contributed by atoms with Crippen molar-refractivity contribution in [3.05, 3.63) is 35.9 Å². The van der Waals surface area contributed by atoms with Crippen LogP contribution in [0.15, 0.2) is 30.3 Å². The quantitative estimate of drug-likeness (QED) is 0.227. The number of amides is 2. The predicted molar refractivity (Wildman–Crippen MR) is 133 cm³/mol. The lowest BCUT2D eigenvalue weighted by atomic mass is 9.98. The van der Waals surface area contributed by atoms with Crippen LogP contribution in [0.2, 0.25) is 0 Å². The maximum atomic E-state index is 13.1. The topological polar surface area (TPSA) is 117 Å². The SMILES string of the molecule is CC(C)C[C@@H](C=O)NC(O)[C@H](CC(C)C)NC(=O)[C@@H](CC(C)C)NC(=O)OCc1ccccc1. The summed E-state index contributed by atoms with van der Waals surface area (Å²) < 4.78 is 5.28. The monoisotopic (exact) mass is 477 g/mol. The van der Waals surface area contributed by atoms with E-state index in [1.807, 2.05) is 71.9 Å². The van der Waals surface area contributed by atoms with Crippen LogP contribution in [-0.4, -0.2) is 47.7 Å². The molecule has 0 radical (unpaired) electrons. The molecule has 1 rings (SSSR count). The van der Waals surface area contributed by atoms with Crippen molar-refractivity contribution in [2.45, 2.75) is 91.8 Å². The van der Waals surface area contributed by atoms with Crippen molar-refractivity contribution in [2.75, 3.05) is 0 Å². The van der Waals surface area contributed by atoms with Crippen LogP contribution in [0, 0.1) is 17.8 Å². The zero-order valence-corrected chi connectivity index (χ0v) is 21.4. The Bertz CT molecular complexity index is 739. The van der Waals surface area contributed by atoms with Crippen LogP contribution in [0.3, 0.4) is 0 Å². The molecule has 1 unspecified atom stereocenters. The first kappa shape index (κ1) is 29.6. The lowest BCUT2D eigenvalue weighted by molar-refractivity contribution is -0.125. The molecule has 4 N–H and O–H groups in total. The van der Waals surface area contributed by atoms with E-state index >= 15 is 0 Å². The van der Waals surface area contributed by atoms with E-state index < -0.39 is 36.4 Å². The fourth-order valence-corrected chi connectivity index (χ4v) is 3.67. The van der Waals surface area contributed by atoms with Crippen LogP contribution in [0.5, 0.6) is 0 Å². The van der Waals surface area contributed by atoms with Crippen molar-refractivity contribution < 1.29 is 24.2 Å². The zero-order chi connectivity index (χ0) is 25.7. The Hall–Kier alpha value is -2.45. The fourth-order valence-electron chi connectivity index (χ4n) is 3.67. The molecule has 0 fully saturated rings. The molecule has 0 saturated carbocycles. The summed E-state index contributed by atoms with van der Waals surface area (Å²) in [4.78, 5) is 36.9. The molecule has 0 aliphatic rings. The van der Waals surface area contributed by atoms with Gasteiger partial charge in [0.1, 0.15) is 25.2 Å². The molecule has 0 bridgehead atoms. The van der Waals surface area contributed by atoms with Crippen LogP contribution in [0.1, 0.15) is 66.4 Å². The Labute approximate surface area is 204 Å². The number of hydrogen-bond acceptors (Lipinski definition) is 6. The second-order valence-corrected chi connectivity index (χ2v) is 10.1. The van der Waals surface area contributed by atoms with Crippen molar-refractivity contribution in [1.29, 1.82) is 0 Å². The van der Waals surface area contributed by atoms with Gasteiger partial charge in [-0.1, -0.05) is 71.9 Å². The van der Waals surface area contributed by atoms with Gasteiger partial charge in [-0.15, -0.1) is 0 Å². The highest BCUT2D eigenvalue weighted by Crippen LogP contribution is 2.12. The first-order valence-corrected chi connectivity index (χ1v) is 12.2. The minimum Gasteiger partial charge on any atom is -0.445 e. The lowest BCUT2D eigenvalue weighted by Crippen LogP contribution is -2.57. The van der Waals surface area contributed by atoms with Crippen LogP contribution < -0.4 is 16.0 Å². The Morgan fingerprint density at radius 1 is 0.912 bits per heavy atom. The van der Waals surface area contributed by atoms with E-state index in [9.17, 15) is 19.5 Å². The maximum Gasteiger partial charge on any atom is 0.408 e. The second kappa shape index (κ2) is 15.5. The molecule has 0 heterocycles. The molecule has 0 saturated heterocycles. The second-order valence-electron chi connectivity index (χ2n) is 10.1. The third-order valence-electron chi connectivity index (χ3n) is 5.24. The summed E-state index contributed by atoms with van der Waals surface area (Å²) in [5.41, 5.74) is 0.847. The van der Waals surface area contributed by atoms with Crippen molar-refractivity contribution in [1.82, 2.24) is 16.0 Å². The van der Waals surface area contributed by atoms with Gasteiger partial charge in [0, 0.05) is 0 Å². The first-order valence-electron chi connectivity index (χ1n) is 12.2. The van der Waals surface area contributed by atoms with E-state index in [-0.39, 0.29) is 24.4 Å². The maximum absolute atomic E-state index is 13.1. The van der Waals surface area contributed by atoms with Gasteiger partial charge in [-0.05, 0) is 42.6 Å². The molecule has 0 aromatic heterocycles. The average Bonchev–Trinajstić information content (AvgIpc) is 2.76. The predicted octanol–water partition coefficient (Wildman–Crippen LogP) is 3.38. The third kappa shape index (κ3) is 12.1. The fraction of sp³-hybridized carbons (Fsp3) is 0.654. The number of aliphatic hydroxyl groups excluding tert-OH is 1. The summed E-state index contributed by atoms with van der Waals surface area (Å²) in [5.74, 6) is 0.203. The van der Waals surface area contributed by atoms with Crippen molar-refractivity contribution in [2.24, 2.45) is 17.8 Å². The van der Waals surface area contributed by atoms with E-state index in [0.29, 0.717) is 19.3 Å². The minimum atomic E-state index is -1.11. The Kier molecular flexibility index (Phi) is 13.4. The van der Waals surface area contributed by atoms with Crippen LogP contribution in [0.25, 0.3) is 0 Å². The zero-order valence-electron chi connectivity index (χ0n) is 21.4. The summed E-state index contributed by atoms with van der Waals surface area (Å²) in [6, 6.07) is 7.33. The smallest absolute Gasteiger partial charge is 0.408 e. The first-order chi connectivity index (χ1) is 16.0. The molecular weight excluding hydrogens is 434 g/mol. The highest BCUT2D eigenvalue weighted by molar-refractivity contribution is 5.85. The number of benzene rings is 1. The molecule has 192 valence electrons. The number of nitrogens with one attached hydrogen (secondary N) is 3. The van der Waals surface area contributed by atoms with Gasteiger partial charge in [0.05, 0.1) is 12.1 Å². The molecule has 8 heteroatoms. The number of hydrogen-bond donors (Lipinski definition) is 4. The summed E-state index contributed by atoms with van der Waals surface area (Å²) in [6.45, 7) is 12.0. The number of rotatable bonds is 15. The molecule has 34 heavy (non-hydrogen) atoms. The number of carbonyl (C=O) groups is 3. The molecule has 4 atom stereocenters. The molecule has 0 aliphatic carbocycles. The molecular formula is C26H43N3O5. The molecule has 0 spiro atoms. The standard InChI is InChI=1S/C26H43N3O5/c1-17(2)12-21(15-30)27-24(31)22(13-18(3)4)28-25(32)23(14-19(5)6)29-26(33)34-16-20-10-8-7-9-11-20/h7-11,15,17-19,21-24,27,31H,12-14,16H2,1-6H3,(H,28,32)(H,29,33)/t21-,22-,23+,24?/m0/s1. The number of carbonyl (C=O) groups excluding carboxylic acids is 3. The van der Waals surface area contributed by atoms with Gasteiger partial charge in [-0.25, -0.2) is 4.79 Å².